The number of rotatable bonds is 3. The first-order chi connectivity index (χ1) is 9.62. The summed E-state index contributed by atoms with van der Waals surface area (Å²) in [4.78, 5) is 0. The lowest BCUT2D eigenvalue weighted by atomic mass is 10.1. The molecule has 5 heteroatoms. The Morgan fingerprint density at radius 3 is 2.00 bits per heavy atom. The van der Waals surface area contributed by atoms with Crippen molar-refractivity contribution in [1.29, 1.82) is 0 Å². The Morgan fingerprint density at radius 1 is 1.00 bits per heavy atom. The summed E-state index contributed by atoms with van der Waals surface area (Å²) in [6, 6.07) is 12.6. The molecule has 0 aliphatic carbocycles. The average molecular weight is 341 g/mol. The molecule has 0 amide bonds. The lowest BCUT2D eigenvalue weighted by Crippen LogP contribution is -2.11. The number of hydrogen-bond donors (Lipinski definition) is 2. The van der Waals surface area contributed by atoms with Gasteiger partial charge in [0.1, 0.15) is 11.6 Å². The van der Waals surface area contributed by atoms with Gasteiger partial charge in [0.15, 0.2) is 0 Å². The van der Waals surface area contributed by atoms with E-state index in [0.717, 1.165) is 16.9 Å². The van der Waals surface area contributed by atoms with Gasteiger partial charge >= 0.3 is 0 Å². The number of halogens is 2. The predicted molar refractivity (Wildman–Crippen MR) is 84.2 cm³/mol. The van der Waals surface area contributed by atoms with Crippen LogP contribution in [0, 0.1) is 5.82 Å². The summed E-state index contributed by atoms with van der Waals surface area (Å²) >= 11 is 3.13. The van der Waals surface area contributed by atoms with E-state index in [9.17, 15) is 4.39 Å². The highest BCUT2D eigenvalue weighted by atomic mass is 79.9. The number of ether oxygens (including phenoxy) is 1. The van der Waals surface area contributed by atoms with E-state index in [1.54, 1.807) is 13.2 Å². The smallest absolute Gasteiger partial charge is 0.137 e. The van der Waals surface area contributed by atoms with Crippen molar-refractivity contribution >= 4 is 15.9 Å². The van der Waals surface area contributed by atoms with Gasteiger partial charge in [0.2, 0.25) is 0 Å². The lowest BCUT2D eigenvalue weighted by molar-refractivity contribution is 0.415. The van der Waals surface area contributed by atoms with Crippen molar-refractivity contribution in [3.8, 4) is 16.9 Å². The van der Waals surface area contributed by atoms with Crippen LogP contribution < -0.4 is 16.2 Å². The van der Waals surface area contributed by atoms with Crippen LogP contribution in [0.1, 0.15) is 0 Å². The minimum atomic E-state index is -0.256. The zero-order valence-corrected chi connectivity index (χ0v) is 12.9. The maximum atomic E-state index is 13.3. The van der Waals surface area contributed by atoms with Crippen molar-refractivity contribution in [3.05, 3.63) is 52.8 Å². The Labute approximate surface area is 126 Å². The second kappa shape index (κ2) is 8.68. The molecule has 4 N–H and O–H groups in total. The van der Waals surface area contributed by atoms with Crippen LogP contribution in [0.3, 0.4) is 0 Å². The van der Waals surface area contributed by atoms with Gasteiger partial charge in [-0.05, 0) is 51.3 Å². The molecule has 0 aliphatic rings. The minimum absolute atomic E-state index is 0.256. The van der Waals surface area contributed by atoms with Crippen LogP contribution >= 0.6 is 15.9 Å². The number of methoxy groups -OCH3 is 1. The van der Waals surface area contributed by atoms with Crippen molar-refractivity contribution in [1.82, 2.24) is 0 Å². The highest BCUT2D eigenvalue weighted by Gasteiger charge is 2.02. The molecule has 108 valence electrons. The lowest BCUT2D eigenvalue weighted by Gasteiger charge is -2.04. The van der Waals surface area contributed by atoms with Gasteiger partial charge in [0.25, 0.3) is 0 Å². The van der Waals surface area contributed by atoms with Crippen LogP contribution in [0.5, 0.6) is 5.75 Å². The molecule has 0 radical (unpaired) electrons. The fourth-order valence-electron chi connectivity index (χ4n) is 1.46. The van der Waals surface area contributed by atoms with Crippen LogP contribution in [-0.2, 0) is 0 Å². The van der Waals surface area contributed by atoms with E-state index in [1.165, 1.54) is 6.07 Å². The summed E-state index contributed by atoms with van der Waals surface area (Å²) in [5, 5.41) is 0. The first kappa shape index (κ1) is 16.6. The quantitative estimate of drug-likeness (QED) is 0.902. The Bertz CT molecular complexity index is 530. The van der Waals surface area contributed by atoms with E-state index in [1.807, 2.05) is 30.3 Å². The van der Waals surface area contributed by atoms with Crippen LogP contribution in [-0.4, -0.2) is 20.2 Å². The molecule has 0 aromatic heterocycles. The predicted octanol–water partition coefficient (Wildman–Crippen LogP) is 3.17. The molecule has 2 aromatic rings. The first-order valence-electron chi connectivity index (χ1n) is 6.12. The van der Waals surface area contributed by atoms with Crippen LogP contribution in [0.25, 0.3) is 11.1 Å². The number of nitrogens with two attached hydrogens (primary N) is 2. The molecule has 0 atom stereocenters. The average Bonchev–Trinajstić information content (AvgIpc) is 2.50. The van der Waals surface area contributed by atoms with Gasteiger partial charge in [0, 0.05) is 13.1 Å². The van der Waals surface area contributed by atoms with Gasteiger partial charge in [0.05, 0.1) is 11.6 Å². The van der Waals surface area contributed by atoms with Crippen molar-refractivity contribution < 1.29 is 9.13 Å². The molecule has 0 unspecified atom stereocenters. The normalized spacial score (nSPS) is 9.65. The SMILES string of the molecule is COc1ccc(-c2ccc(Br)c(F)c2)cc1.NCCN. The molecule has 0 heterocycles. The molecule has 0 saturated carbocycles. The topological polar surface area (TPSA) is 61.3 Å². The molecule has 0 aliphatic heterocycles. The summed E-state index contributed by atoms with van der Waals surface area (Å²) in [5.74, 6) is 0.537. The standard InChI is InChI=1S/C13H10BrFO.C2H8N2/c1-16-11-5-2-9(3-6-11)10-4-7-12(14)13(15)8-10;3-1-2-4/h2-8H,1H3;1-4H2. The van der Waals surface area contributed by atoms with Gasteiger partial charge in [-0.15, -0.1) is 0 Å². The van der Waals surface area contributed by atoms with Gasteiger partial charge in [-0.2, -0.15) is 0 Å². The second-order valence-corrected chi connectivity index (χ2v) is 4.79. The Hall–Kier alpha value is -1.43. The summed E-state index contributed by atoms with van der Waals surface area (Å²) in [7, 11) is 1.62. The number of hydrogen-bond acceptors (Lipinski definition) is 3. The second-order valence-electron chi connectivity index (χ2n) is 3.93. The Morgan fingerprint density at radius 2 is 1.55 bits per heavy atom. The monoisotopic (exact) mass is 340 g/mol. The zero-order valence-electron chi connectivity index (χ0n) is 11.3. The van der Waals surface area contributed by atoms with Gasteiger partial charge in [-0.3, -0.25) is 0 Å². The summed E-state index contributed by atoms with van der Waals surface area (Å²) in [6.07, 6.45) is 0. The third-order valence-corrected chi connectivity index (χ3v) is 3.15. The van der Waals surface area contributed by atoms with Gasteiger partial charge in [-0.1, -0.05) is 18.2 Å². The largest absolute Gasteiger partial charge is 0.497 e. The van der Waals surface area contributed by atoms with E-state index in [2.05, 4.69) is 15.9 Å². The zero-order chi connectivity index (χ0) is 15.0. The highest BCUT2D eigenvalue weighted by molar-refractivity contribution is 9.10. The summed E-state index contributed by atoms with van der Waals surface area (Å²) in [6.45, 7) is 1.19. The van der Waals surface area contributed by atoms with Gasteiger partial charge < -0.3 is 16.2 Å². The van der Waals surface area contributed by atoms with E-state index in [-0.39, 0.29) is 5.82 Å². The summed E-state index contributed by atoms with van der Waals surface area (Å²) in [5.41, 5.74) is 11.6. The molecule has 20 heavy (non-hydrogen) atoms. The molecule has 3 nitrogen and oxygen atoms in total. The molecule has 2 aromatic carbocycles. The van der Waals surface area contributed by atoms with E-state index < -0.39 is 0 Å². The molecular weight excluding hydrogens is 323 g/mol. The van der Waals surface area contributed by atoms with Crippen molar-refractivity contribution in [2.75, 3.05) is 20.2 Å². The number of benzene rings is 2. The van der Waals surface area contributed by atoms with E-state index in [4.69, 9.17) is 16.2 Å². The molecule has 0 fully saturated rings. The Kier molecular flexibility index (Phi) is 7.22. The summed E-state index contributed by atoms with van der Waals surface area (Å²) < 4.78 is 18.9. The first-order valence-corrected chi connectivity index (χ1v) is 6.91. The fourth-order valence-corrected chi connectivity index (χ4v) is 1.71. The molecule has 2 rings (SSSR count). The molecule has 0 saturated heterocycles. The molecular formula is C15H18BrFN2O. The van der Waals surface area contributed by atoms with Crippen molar-refractivity contribution in [3.63, 3.8) is 0 Å². The van der Waals surface area contributed by atoms with Gasteiger partial charge in [-0.25, -0.2) is 4.39 Å². The van der Waals surface area contributed by atoms with Crippen LogP contribution in [0.15, 0.2) is 46.9 Å². The fraction of sp³-hybridized carbons (Fsp3) is 0.200. The van der Waals surface area contributed by atoms with E-state index >= 15 is 0 Å². The molecule has 0 spiro atoms. The van der Waals surface area contributed by atoms with Crippen LogP contribution in [0.2, 0.25) is 0 Å². The van der Waals surface area contributed by atoms with Crippen molar-refractivity contribution in [2.45, 2.75) is 0 Å². The minimum Gasteiger partial charge on any atom is -0.497 e. The highest BCUT2D eigenvalue weighted by Crippen LogP contribution is 2.25. The van der Waals surface area contributed by atoms with E-state index in [0.29, 0.717) is 17.6 Å². The molecule has 0 bridgehead atoms. The maximum absolute atomic E-state index is 13.3. The Balaban J connectivity index is 0.000000444. The van der Waals surface area contributed by atoms with Crippen LogP contribution in [0.4, 0.5) is 4.39 Å². The van der Waals surface area contributed by atoms with Crippen molar-refractivity contribution in [2.24, 2.45) is 11.5 Å². The third-order valence-electron chi connectivity index (χ3n) is 2.51. The maximum Gasteiger partial charge on any atom is 0.137 e. The third kappa shape index (κ3) is 4.92.